The van der Waals surface area contributed by atoms with Gasteiger partial charge < -0.3 is 10.6 Å². The fourth-order valence-electron chi connectivity index (χ4n) is 1.24. The maximum absolute atomic E-state index is 11.8. The summed E-state index contributed by atoms with van der Waals surface area (Å²) < 4.78 is 1.75. The first kappa shape index (κ1) is 13.7. The van der Waals surface area contributed by atoms with Crippen molar-refractivity contribution in [3.63, 3.8) is 0 Å². The molecule has 0 saturated heterocycles. The maximum Gasteiger partial charge on any atom is 0.252 e. The van der Waals surface area contributed by atoms with E-state index in [1.165, 1.54) is 0 Å². The second-order valence-corrected chi connectivity index (χ2v) is 5.11. The van der Waals surface area contributed by atoms with Crippen molar-refractivity contribution in [2.75, 3.05) is 20.1 Å². The Kier molecular flexibility index (Phi) is 6.01. The highest BCUT2D eigenvalue weighted by molar-refractivity contribution is 9.11. The first-order valence-corrected chi connectivity index (χ1v) is 6.61. The van der Waals surface area contributed by atoms with Gasteiger partial charge in [0.1, 0.15) is 0 Å². The molecule has 0 aliphatic heterocycles. The van der Waals surface area contributed by atoms with E-state index in [9.17, 15) is 4.79 Å². The van der Waals surface area contributed by atoms with Crippen LogP contribution in [-0.4, -0.2) is 26.0 Å². The van der Waals surface area contributed by atoms with E-state index in [0.29, 0.717) is 12.1 Å². The minimum absolute atomic E-state index is 0.0459. The van der Waals surface area contributed by atoms with Crippen LogP contribution in [0.3, 0.4) is 0 Å². The van der Waals surface area contributed by atoms with E-state index >= 15 is 0 Å². The Balaban J connectivity index is 2.53. The lowest BCUT2D eigenvalue weighted by Gasteiger charge is -2.06. The Morgan fingerprint density at radius 1 is 1.31 bits per heavy atom. The van der Waals surface area contributed by atoms with Crippen molar-refractivity contribution in [1.82, 2.24) is 10.6 Å². The number of nitrogens with one attached hydrogen (secondary N) is 2. The topological polar surface area (TPSA) is 41.1 Å². The van der Waals surface area contributed by atoms with Crippen LogP contribution in [0.2, 0.25) is 0 Å². The molecule has 0 heterocycles. The summed E-state index contributed by atoms with van der Waals surface area (Å²) in [7, 11) is 1.90. The summed E-state index contributed by atoms with van der Waals surface area (Å²) in [6, 6.07) is 5.51. The monoisotopic (exact) mass is 348 g/mol. The standard InChI is InChI=1S/C11H14Br2N2O/c1-14-5-2-6-15-11(16)9-4-3-8(12)7-10(9)13/h3-4,7,14H,2,5-6H2,1H3,(H,15,16). The smallest absolute Gasteiger partial charge is 0.252 e. The highest BCUT2D eigenvalue weighted by Crippen LogP contribution is 2.21. The second kappa shape index (κ2) is 7.04. The highest BCUT2D eigenvalue weighted by atomic mass is 79.9. The van der Waals surface area contributed by atoms with Gasteiger partial charge in [-0.15, -0.1) is 0 Å². The molecule has 1 amide bonds. The molecule has 0 unspecified atom stereocenters. The molecule has 88 valence electrons. The third kappa shape index (κ3) is 4.23. The largest absolute Gasteiger partial charge is 0.352 e. The lowest BCUT2D eigenvalue weighted by molar-refractivity contribution is 0.0952. The Morgan fingerprint density at radius 3 is 2.69 bits per heavy atom. The summed E-state index contributed by atoms with van der Waals surface area (Å²) in [6.45, 7) is 1.59. The van der Waals surface area contributed by atoms with Crippen molar-refractivity contribution >= 4 is 37.8 Å². The third-order valence-electron chi connectivity index (χ3n) is 2.06. The molecule has 3 nitrogen and oxygen atoms in total. The number of hydrogen-bond acceptors (Lipinski definition) is 2. The molecule has 0 saturated carbocycles. The van der Waals surface area contributed by atoms with Crippen molar-refractivity contribution in [2.45, 2.75) is 6.42 Å². The van der Waals surface area contributed by atoms with Crippen LogP contribution in [0, 0.1) is 0 Å². The van der Waals surface area contributed by atoms with Crippen molar-refractivity contribution in [2.24, 2.45) is 0 Å². The molecular formula is C11H14Br2N2O. The van der Waals surface area contributed by atoms with Gasteiger partial charge in [0.05, 0.1) is 5.56 Å². The number of rotatable bonds is 5. The van der Waals surface area contributed by atoms with Gasteiger partial charge >= 0.3 is 0 Å². The van der Waals surface area contributed by atoms with Gasteiger partial charge in [-0.3, -0.25) is 4.79 Å². The fraction of sp³-hybridized carbons (Fsp3) is 0.364. The van der Waals surface area contributed by atoms with Crippen LogP contribution in [-0.2, 0) is 0 Å². The van der Waals surface area contributed by atoms with Gasteiger partial charge in [0.2, 0.25) is 0 Å². The van der Waals surface area contributed by atoms with Gasteiger partial charge in [-0.1, -0.05) is 15.9 Å². The van der Waals surface area contributed by atoms with E-state index in [1.54, 1.807) is 6.07 Å². The number of hydrogen-bond donors (Lipinski definition) is 2. The van der Waals surface area contributed by atoms with Gasteiger partial charge in [0.15, 0.2) is 0 Å². The Labute approximate surface area is 112 Å². The van der Waals surface area contributed by atoms with E-state index in [2.05, 4.69) is 42.5 Å². The zero-order valence-corrected chi connectivity index (χ0v) is 12.2. The predicted molar refractivity (Wildman–Crippen MR) is 72.7 cm³/mol. The predicted octanol–water partition coefficient (Wildman–Crippen LogP) is 2.55. The van der Waals surface area contributed by atoms with Crippen molar-refractivity contribution in [3.8, 4) is 0 Å². The first-order chi connectivity index (χ1) is 7.65. The summed E-state index contributed by atoms with van der Waals surface area (Å²) in [5, 5.41) is 5.90. The molecule has 0 radical (unpaired) electrons. The van der Waals surface area contributed by atoms with Gasteiger partial charge in [0.25, 0.3) is 5.91 Å². The molecule has 2 N–H and O–H groups in total. The van der Waals surface area contributed by atoms with Crippen LogP contribution in [0.1, 0.15) is 16.8 Å². The molecule has 0 spiro atoms. The molecule has 0 aliphatic rings. The quantitative estimate of drug-likeness (QED) is 0.802. The summed E-state index contributed by atoms with van der Waals surface area (Å²) in [4.78, 5) is 11.8. The molecule has 1 aromatic rings. The van der Waals surface area contributed by atoms with Crippen molar-refractivity contribution in [3.05, 3.63) is 32.7 Å². The number of carbonyl (C=O) groups excluding carboxylic acids is 1. The average Bonchev–Trinajstić information content (AvgIpc) is 2.24. The Bertz CT molecular complexity index is 369. The van der Waals surface area contributed by atoms with Crippen LogP contribution >= 0.6 is 31.9 Å². The first-order valence-electron chi connectivity index (χ1n) is 5.03. The summed E-state index contributed by atoms with van der Waals surface area (Å²) in [6.07, 6.45) is 0.927. The number of halogens is 2. The van der Waals surface area contributed by atoms with Gasteiger partial charge in [-0.25, -0.2) is 0 Å². The zero-order valence-electron chi connectivity index (χ0n) is 9.02. The van der Waals surface area contributed by atoms with E-state index in [0.717, 1.165) is 21.9 Å². The van der Waals surface area contributed by atoms with Crippen LogP contribution < -0.4 is 10.6 Å². The molecule has 0 atom stereocenters. The van der Waals surface area contributed by atoms with E-state index in [1.807, 2.05) is 19.2 Å². The lowest BCUT2D eigenvalue weighted by Crippen LogP contribution is -2.26. The number of benzene rings is 1. The Hall–Kier alpha value is -0.390. The van der Waals surface area contributed by atoms with Gasteiger partial charge in [-0.2, -0.15) is 0 Å². The Morgan fingerprint density at radius 2 is 2.06 bits per heavy atom. The molecule has 0 fully saturated rings. The lowest BCUT2D eigenvalue weighted by atomic mass is 10.2. The van der Waals surface area contributed by atoms with Gasteiger partial charge in [0, 0.05) is 15.5 Å². The molecule has 5 heteroatoms. The average molecular weight is 350 g/mol. The van der Waals surface area contributed by atoms with E-state index in [-0.39, 0.29) is 5.91 Å². The molecular weight excluding hydrogens is 336 g/mol. The fourth-order valence-corrected chi connectivity index (χ4v) is 2.46. The third-order valence-corrected chi connectivity index (χ3v) is 3.21. The normalized spacial score (nSPS) is 10.2. The molecule has 1 rings (SSSR count). The van der Waals surface area contributed by atoms with Crippen LogP contribution in [0.5, 0.6) is 0 Å². The van der Waals surface area contributed by atoms with Crippen LogP contribution in [0.15, 0.2) is 27.1 Å². The van der Waals surface area contributed by atoms with Crippen molar-refractivity contribution in [1.29, 1.82) is 0 Å². The van der Waals surface area contributed by atoms with Gasteiger partial charge in [-0.05, 0) is 54.1 Å². The van der Waals surface area contributed by atoms with Crippen LogP contribution in [0.4, 0.5) is 0 Å². The van der Waals surface area contributed by atoms with Crippen molar-refractivity contribution < 1.29 is 4.79 Å². The zero-order chi connectivity index (χ0) is 12.0. The second-order valence-electron chi connectivity index (χ2n) is 3.34. The molecule has 0 aliphatic carbocycles. The molecule has 1 aromatic carbocycles. The summed E-state index contributed by atoms with van der Waals surface area (Å²) in [5.41, 5.74) is 0.660. The number of carbonyl (C=O) groups is 1. The molecule has 0 aromatic heterocycles. The van der Waals surface area contributed by atoms with E-state index < -0.39 is 0 Å². The van der Waals surface area contributed by atoms with Crippen LogP contribution in [0.25, 0.3) is 0 Å². The number of amides is 1. The van der Waals surface area contributed by atoms with E-state index in [4.69, 9.17) is 0 Å². The highest BCUT2D eigenvalue weighted by Gasteiger charge is 2.08. The maximum atomic E-state index is 11.8. The minimum atomic E-state index is -0.0459. The summed E-state index contributed by atoms with van der Waals surface area (Å²) in [5.74, 6) is -0.0459. The molecule has 0 bridgehead atoms. The SMILES string of the molecule is CNCCCNC(=O)c1ccc(Br)cc1Br. The summed E-state index contributed by atoms with van der Waals surface area (Å²) >= 11 is 6.72. The minimum Gasteiger partial charge on any atom is -0.352 e. The molecule has 16 heavy (non-hydrogen) atoms.